The fourth-order valence-electron chi connectivity index (χ4n) is 8.06. The quantitative estimate of drug-likeness (QED) is 0.156. The van der Waals surface area contributed by atoms with Crippen LogP contribution in [0.3, 0.4) is 0 Å². The van der Waals surface area contributed by atoms with E-state index in [1.165, 1.54) is 33.4 Å². The zero-order valence-corrected chi connectivity index (χ0v) is 30.7. The molecule has 0 amide bonds. The average Bonchev–Trinajstić information content (AvgIpc) is 3.67. The fourth-order valence-corrected chi connectivity index (χ4v) is 8.06. The van der Waals surface area contributed by atoms with Crippen LogP contribution in [-0.2, 0) is 0 Å². The van der Waals surface area contributed by atoms with Crippen molar-refractivity contribution in [2.75, 3.05) is 4.90 Å². The second-order valence-electron chi connectivity index (χ2n) is 14.1. The van der Waals surface area contributed by atoms with Gasteiger partial charge in [0.15, 0.2) is 0 Å². The molecule has 0 spiro atoms. The molecule has 56 heavy (non-hydrogen) atoms. The largest absolute Gasteiger partial charge is 0.455 e. The Morgan fingerprint density at radius 2 is 0.804 bits per heavy atom. The molecule has 10 rings (SSSR count). The third-order valence-corrected chi connectivity index (χ3v) is 10.7. The van der Waals surface area contributed by atoms with Gasteiger partial charge in [-0.15, -0.1) is 0 Å². The summed E-state index contributed by atoms with van der Waals surface area (Å²) in [5.41, 5.74) is 16.7. The van der Waals surface area contributed by atoms with Crippen molar-refractivity contribution in [1.82, 2.24) is 0 Å². The van der Waals surface area contributed by atoms with E-state index in [9.17, 15) is 0 Å². The standard InChI is InChI=1S/C54H37NO/c1-4-17-38(18-5-1)41-33-36-47(51(37-41)46-24-11-10-23-44(46)39-19-6-2-7-20-39)48-25-12-14-29-52(48)55(42-21-8-3-9-22-42)43-34-31-40(32-35-43)45-27-16-28-50-49-26-13-15-30-53(49)56-54(45)50/h1-37H. The smallest absolute Gasteiger partial charge is 0.143 e. The molecule has 1 heterocycles. The molecule has 0 fully saturated rings. The van der Waals surface area contributed by atoms with Crippen LogP contribution in [0, 0.1) is 0 Å². The van der Waals surface area contributed by atoms with Crippen LogP contribution in [0.25, 0.3) is 77.6 Å². The van der Waals surface area contributed by atoms with E-state index in [0.717, 1.165) is 61.3 Å². The molecule has 0 aliphatic heterocycles. The third-order valence-electron chi connectivity index (χ3n) is 10.7. The summed E-state index contributed by atoms with van der Waals surface area (Å²) in [5, 5.41) is 2.26. The van der Waals surface area contributed by atoms with Gasteiger partial charge in [-0.3, -0.25) is 0 Å². The molecule has 0 aliphatic carbocycles. The number of fused-ring (bicyclic) bond motifs is 3. The monoisotopic (exact) mass is 715 g/mol. The predicted octanol–water partition coefficient (Wildman–Crippen LogP) is 15.4. The summed E-state index contributed by atoms with van der Waals surface area (Å²) < 4.78 is 6.43. The van der Waals surface area contributed by atoms with Gasteiger partial charge in [-0.25, -0.2) is 0 Å². The van der Waals surface area contributed by atoms with Crippen molar-refractivity contribution in [2.24, 2.45) is 0 Å². The van der Waals surface area contributed by atoms with Gasteiger partial charge >= 0.3 is 0 Å². The molecule has 0 atom stereocenters. The summed E-state index contributed by atoms with van der Waals surface area (Å²) in [5.74, 6) is 0. The van der Waals surface area contributed by atoms with E-state index in [-0.39, 0.29) is 0 Å². The number of hydrogen-bond donors (Lipinski definition) is 0. The summed E-state index contributed by atoms with van der Waals surface area (Å²) in [6.07, 6.45) is 0. The SMILES string of the molecule is c1ccc(-c2ccc(-c3ccccc3N(c3ccccc3)c3ccc(-c4cccc5c4oc4ccccc45)cc3)c(-c3ccccc3-c3ccccc3)c2)cc1. The molecule has 10 aromatic rings. The highest BCUT2D eigenvalue weighted by atomic mass is 16.3. The lowest BCUT2D eigenvalue weighted by atomic mass is 9.86. The molecule has 264 valence electrons. The van der Waals surface area contributed by atoms with Crippen LogP contribution in [0.2, 0.25) is 0 Å². The average molecular weight is 716 g/mol. The Morgan fingerprint density at radius 1 is 0.286 bits per heavy atom. The first kappa shape index (κ1) is 33.2. The minimum absolute atomic E-state index is 0.904. The van der Waals surface area contributed by atoms with Crippen LogP contribution in [0.1, 0.15) is 0 Å². The van der Waals surface area contributed by atoms with Crippen LogP contribution in [-0.4, -0.2) is 0 Å². The lowest BCUT2D eigenvalue weighted by Crippen LogP contribution is -2.11. The Hall–Kier alpha value is -7.42. The van der Waals surface area contributed by atoms with Crippen molar-refractivity contribution in [3.05, 3.63) is 224 Å². The molecule has 0 unspecified atom stereocenters. The summed E-state index contributed by atoms with van der Waals surface area (Å²) >= 11 is 0. The van der Waals surface area contributed by atoms with Gasteiger partial charge in [0.25, 0.3) is 0 Å². The van der Waals surface area contributed by atoms with Gasteiger partial charge in [-0.2, -0.15) is 0 Å². The van der Waals surface area contributed by atoms with Crippen LogP contribution >= 0.6 is 0 Å². The topological polar surface area (TPSA) is 16.4 Å². The molecule has 0 bridgehead atoms. The molecule has 0 radical (unpaired) electrons. The van der Waals surface area contributed by atoms with E-state index in [2.05, 4.69) is 217 Å². The van der Waals surface area contributed by atoms with E-state index in [4.69, 9.17) is 4.42 Å². The van der Waals surface area contributed by atoms with Gasteiger partial charge in [0.2, 0.25) is 0 Å². The highest BCUT2D eigenvalue weighted by molar-refractivity contribution is 6.09. The van der Waals surface area contributed by atoms with E-state index < -0.39 is 0 Å². The van der Waals surface area contributed by atoms with Gasteiger partial charge in [-0.05, 0) is 87.0 Å². The molecular weight excluding hydrogens is 679 g/mol. The zero-order chi connectivity index (χ0) is 37.3. The minimum atomic E-state index is 0.904. The van der Waals surface area contributed by atoms with Crippen LogP contribution in [0.4, 0.5) is 17.1 Å². The Kier molecular flexibility index (Phi) is 8.55. The maximum absolute atomic E-state index is 6.43. The Bertz CT molecular complexity index is 2950. The lowest BCUT2D eigenvalue weighted by Gasteiger charge is -2.29. The molecule has 2 heteroatoms. The van der Waals surface area contributed by atoms with Crippen LogP contribution < -0.4 is 4.90 Å². The molecule has 0 saturated heterocycles. The Balaban J connectivity index is 1.14. The molecule has 0 aliphatic rings. The van der Waals surface area contributed by atoms with Gasteiger partial charge in [0, 0.05) is 33.3 Å². The maximum atomic E-state index is 6.43. The number of benzene rings is 9. The van der Waals surface area contributed by atoms with E-state index in [1.807, 2.05) is 12.1 Å². The van der Waals surface area contributed by atoms with Crippen molar-refractivity contribution in [1.29, 1.82) is 0 Å². The van der Waals surface area contributed by atoms with Crippen molar-refractivity contribution >= 4 is 39.0 Å². The molecule has 1 aromatic heterocycles. The van der Waals surface area contributed by atoms with Crippen molar-refractivity contribution < 1.29 is 4.42 Å². The summed E-state index contributed by atoms with van der Waals surface area (Å²) in [6.45, 7) is 0. The minimum Gasteiger partial charge on any atom is -0.455 e. The normalized spacial score (nSPS) is 11.2. The number of nitrogens with zero attached hydrogens (tertiary/aromatic N) is 1. The summed E-state index contributed by atoms with van der Waals surface area (Å²) in [4.78, 5) is 2.37. The number of furan rings is 1. The second kappa shape index (κ2) is 14.4. The highest BCUT2D eigenvalue weighted by Crippen LogP contribution is 2.46. The number of para-hydroxylation sites is 4. The second-order valence-corrected chi connectivity index (χ2v) is 14.1. The number of rotatable bonds is 8. The van der Waals surface area contributed by atoms with Crippen molar-refractivity contribution in [2.45, 2.75) is 0 Å². The van der Waals surface area contributed by atoms with Crippen molar-refractivity contribution in [3.63, 3.8) is 0 Å². The van der Waals surface area contributed by atoms with Crippen LogP contribution in [0.5, 0.6) is 0 Å². The number of hydrogen-bond acceptors (Lipinski definition) is 2. The molecule has 0 N–H and O–H groups in total. The predicted molar refractivity (Wildman–Crippen MR) is 236 cm³/mol. The molecule has 9 aromatic carbocycles. The first-order chi connectivity index (χ1) is 27.8. The Labute approximate surface area is 327 Å². The molecular formula is C54H37NO. The number of anilines is 3. The van der Waals surface area contributed by atoms with E-state index in [1.54, 1.807) is 0 Å². The first-order valence-corrected chi connectivity index (χ1v) is 19.1. The third kappa shape index (κ3) is 6.04. The van der Waals surface area contributed by atoms with Gasteiger partial charge in [0.05, 0.1) is 5.69 Å². The van der Waals surface area contributed by atoms with Gasteiger partial charge in [-0.1, -0.05) is 182 Å². The summed E-state index contributed by atoms with van der Waals surface area (Å²) in [6, 6.07) is 80.1. The highest BCUT2D eigenvalue weighted by Gasteiger charge is 2.21. The maximum Gasteiger partial charge on any atom is 0.143 e. The van der Waals surface area contributed by atoms with Crippen molar-refractivity contribution in [3.8, 4) is 55.6 Å². The summed E-state index contributed by atoms with van der Waals surface area (Å²) in [7, 11) is 0. The molecule has 2 nitrogen and oxygen atoms in total. The lowest BCUT2D eigenvalue weighted by molar-refractivity contribution is 0.670. The first-order valence-electron chi connectivity index (χ1n) is 19.1. The van der Waals surface area contributed by atoms with E-state index in [0.29, 0.717) is 0 Å². The zero-order valence-electron chi connectivity index (χ0n) is 30.7. The Morgan fingerprint density at radius 3 is 1.57 bits per heavy atom. The van der Waals surface area contributed by atoms with Crippen LogP contribution in [0.15, 0.2) is 229 Å². The van der Waals surface area contributed by atoms with Gasteiger partial charge < -0.3 is 9.32 Å². The van der Waals surface area contributed by atoms with E-state index >= 15 is 0 Å². The van der Waals surface area contributed by atoms with Gasteiger partial charge in [0.1, 0.15) is 11.2 Å². The molecule has 0 saturated carbocycles. The fraction of sp³-hybridized carbons (Fsp3) is 0.